The lowest BCUT2D eigenvalue weighted by atomic mass is 10.1. The average Bonchev–Trinajstić information content (AvgIpc) is 3.12. The molecular formula is C16H18N6O6S. The quantitative estimate of drug-likeness (QED) is 0.346. The molecule has 154 valence electrons. The normalized spacial score (nSPS) is 12.4. The summed E-state index contributed by atoms with van der Waals surface area (Å²) in [5, 5.41) is 25.0. The van der Waals surface area contributed by atoms with E-state index in [4.69, 9.17) is 9.26 Å². The van der Waals surface area contributed by atoms with Crippen molar-refractivity contribution in [1.82, 2.24) is 19.4 Å². The summed E-state index contributed by atoms with van der Waals surface area (Å²) in [5.41, 5.74) is -0.533. The van der Waals surface area contributed by atoms with E-state index < -0.39 is 27.3 Å². The van der Waals surface area contributed by atoms with Crippen LogP contribution in [0.1, 0.15) is 11.3 Å². The van der Waals surface area contributed by atoms with Crippen molar-refractivity contribution in [3.63, 3.8) is 0 Å². The third kappa shape index (κ3) is 4.93. The smallest absolute Gasteiger partial charge is 0.272 e. The molecule has 0 unspecified atom stereocenters. The van der Waals surface area contributed by atoms with Crippen molar-refractivity contribution >= 4 is 27.6 Å². The van der Waals surface area contributed by atoms with E-state index in [1.807, 2.05) is 0 Å². The molecule has 0 aliphatic rings. The Morgan fingerprint density at radius 3 is 2.55 bits per heavy atom. The van der Waals surface area contributed by atoms with Gasteiger partial charge in [0.2, 0.25) is 16.0 Å². The summed E-state index contributed by atoms with van der Waals surface area (Å²) in [5.74, 6) is -1.65. The number of aromatic nitrogens is 3. The van der Waals surface area contributed by atoms with Crippen LogP contribution >= 0.6 is 0 Å². The number of aliphatic hydroxyl groups excluding tert-OH is 1. The number of carbonyl (C=O) groups excluding carboxylic acids is 1. The van der Waals surface area contributed by atoms with Crippen LogP contribution in [0.15, 0.2) is 33.6 Å². The van der Waals surface area contributed by atoms with Gasteiger partial charge < -0.3 is 14.4 Å². The van der Waals surface area contributed by atoms with E-state index in [9.17, 15) is 23.6 Å². The van der Waals surface area contributed by atoms with Gasteiger partial charge in [-0.05, 0) is 6.92 Å². The fraction of sp³-hybridized carbons (Fsp3) is 0.312. The molecule has 0 atom stereocenters. The van der Waals surface area contributed by atoms with Crippen LogP contribution in [0.5, 0.6) is 0 Å². The van der Waals surface area contributed by atoms with E-state index in [1.54, 1.807) is 6.07 Å². The number of likely N-dealkylation sites (N-methyl/N-ethyl adjacent to an activating group) is 1. The first-order valence-electron chi connectivity index (χ1n) is 8.06. The zero-order valence-corrected chi connectivity index (χ0v) is 16.6. The SMILES string of the molecule is COCCN(C)S(=O)(=O)c1cnc(NC(=O)/C(C#N)=C(\O)c2cnoc2C)nc1. The van der Waals surface area contributed by atoms with Crippen LogP contribution in [0.25, 0.3) is 5.76 Å². The molecule has 12 nitrogen and oxygen atoms in total. The maximum Gasteiger partial charge on any atom is 0.272 e. The molecule has 0 aliphatic heterocycles. The highest BCUT2D eigenvalue weighted by Gasteiger charge is 2.23. The fourth-order valence-electron chi connectivity index (χ4n) is 2.07. The Balaban J connectivity index is 2.20. The number of methoxy groups -OCH3 is 1. The summed E-state index contributed by atoms with van der Waals surface area (Å²) >= 11 is 0. The summed E-state index contributed by atoms with van der Waals surface area (Å²) in [7, 11) is -0.999. The minimum atomic E-state index is -3.83. The molecule has 2 rings (SSSR count). The first kappa shape index (κ1) is 22.0. The summed E-state index contributed by atoms with van der Waals surface area (Å²) in [4.78, 5) is 19.6. The summed E-state index contributed by atoms with van der Waals surface area (Å²) in [6.45, 7) is 1.84. The average molecular weight is 422 g/mol. The van der Waals surface area contributed by atoms with Gasteiger partial charge in [-0.1, -0.05) is 5.16 Å². The third-order valence-electron chi connectivity index (χ3n) is 3.75. The second-order valence-corrected chi connectivity index (χ2v) is 7.69. The number of ether oxygens (including phenoxy) is 1. The van der Waals surface area contributed by atoms with Gasteiger partial charge in [0.25, 0.3) is 5.91 Å². The van der Waals surface area contributed by atoms with Gasteiger partial charge in [0.15, 0.2) is 11.3 Å². The molecule has 0 radical (unpaired) electrons. The molecule has 2 heterocycles. The van der Waals surface area contributed by atoms with Crippen LogP contribution in [-0.4, -0.2) is 66.2 Å². The van der Waals surface area contributed by atoms with Crippen LogP contribution < -0.4 is 5.32 Å². The van der Waals surface area contributed by atoms with E-state index in [1.165, 1.54) is 21.1 Å². The molecule has 0 aromatic carbocycles. The number of hydrogen-bond acceptors (Lipinski definition) is 10. The number of sulfonamides is 1. The molecular weight excluding hydrogens is 404 g/mol. The zero-order chi connectivity index (χ0) is 21.6. The number of nitriles is 1. The van der Waals surface area contributed by atoms with E-state index >= 15 is 0 Å². The van der Waals surface area contributed by atoms with E-state index in [2.05, 4.69) is 20.4 Å². The predicted molar refractivity (Wildman–Crippen MR) is 98.8 cm³/mol. The molecule has 0 fully saturated rings. The fourth-order valence-corrected chi connectivity index (χ4v) is 3.12. The number of carbonyl (C=O) groups is 1. The first-order chi connectivity index (χ1) is 13.7. The first-order valence-corrected chi connectivity index (χ1v) is 9.50. The number of nitrogens with zero attached hydrogens (tertiary/aromatic N) is 5. The van der Waals surface area contributed by atoms with Crippen molar-refractivity contribution in [3.8, 4) is 6.07 Å². The number of anilines is 1. The van der Waals surface area contributed by atoms with E-state index in [-0.39, 0.29) is 35.3 Å². The number of hydrogen-bond donors (Lipinski definition) is 2. The minimum absolute atomic E-state index is 0.0816. The Hall–Kier alpha value is -3.34. The monoisotopic (exact) mass is 422 g/mol. The van der Waals surface area contributed by atoms with Crippen molar-refractivity contribution in [1.29, 1.82) is 5.26 Å². The highest BCUT2D eigenvalue weighted by Crippen LogP contribution is 2.20. The van der Waals surface area contributed by atoms with Crippen molar-refractivity contribution in [3.05, 3.63) is 35.5 Å². The predicted octanol–water partition coefficient (Wildman–Crippen LogP) is 0.471. The number of rotatable bonds is 8. The van der Waals surface area contributed by atoms with Gasteiger partial charge in [-0.15, -0.1) is 0 Å². The van der Waals surface area contributed by atoms with Crippen LogP contribution in [0, 0.1) is 18.3 Å². The molecule has 2 aromatic heterocycles. The molecule has 0 spiro atoms. The van der Waals surface area contributed by atoms with Gasteiger partial charge in [-0.3, -0.25) is 10.1 Å². The van der Waals surface area contributed by atoms with E-state index in [0.717, 1.165) is 22.9 Å². The second kappa shape index (κ2) is 9.24. The van der Waals surface area contributed by atoms with Crippen molar-refractivity contribution < 1.29 is 27.6 Å². The molecule has 1 amide bonds. The highest BCUT2D eigenvalue weighted by atomic mass is 32.2. The molecule has 0 saturated carbocycles. The summed E-state index contributed by atoms with van der Waals surface area (Å²) in [6, 6.07) is 1.59. The Bertz CT molecular complexity index is 1050. The Morgan fingerprint density at radius 2 is 2.03 bits per heavy atom. The maximum absolute atomic E-state index is 12.4. The molecule has 0 aliphatic carbocycles. The van der Waals surface area contributed by atoms with Crippen molar-refractivity contribution in [2.75, 3.05) is 32.6 Å². The molecule has 2 aromatic rings. The van der Waals surface area contributed by atoms with Gasteiger partial charge in [0.05, 0.1) is 30.8 Å². The second-order valence-electron chi connectivity index (χ2n) is 5.65. The molecule has 0 bridgehead atoms. The topological polar surface area (TPSA) is 172 Å². The van der Waals surface area contributed by atoms with Crippen LogP contribution in [0.4, 0.5) is 5.95 Å². The Morgan fingerprint density at radius 1 is 1.38 bits per heavy atom. The Kier molecular flexibility index (Phi) is 6.99. The lowest BCUT2D eigenvalue weighted by molar-refractivity contribution is -0.112. The number of amides is 1. The van der Waals surface area contributed by atoms with Crippen LogP contribution in [0.2, 0.25) is 0 Å². The van der Waals surface area contributed by atoms with Gasteiger partial charge >= 0.3 is 0 Å². The van der Waals surface area contributed by atoms with Gasteiger partial charge in [-0.2, -0.15) is 9.57 Å². The summed E-state index contributed by atoms with van der Waals surface area (Å²) < 4.78 is 35.5. The minimum Gasteiger partial charge on any atom is -0.506 e. The standard InChI is InChI=1S/C16H18N6O6S/c1-10-13(9-20-28-10)14(23)12(6-17)15(24)21-16-18-7-11(8-19-16)29(25,26)22(2)4-5-27-3/h7-9,23H,4-5H2,1-3H3,(H,18,19,21,24)/b14-12-. The number of aliphatic hydroxyl groups is 1. The molecule has 29 heavy (non-hydrogen) atoms. The molecule has 2 N–H and O–H groups in total. The molecule has 13 heteroatoms. The van der Waals surface area contributed by atoms with E-state index in [0.29, 0.717) is 0 Å². The van der Waals surface area contributed by atoms with Gasteiger partial charge in [0, 0.05) is 20.7 Å². The van der Waals surface area contributed by atoms with Crippen LogP contribution in [-0.2, 0) is 19.6 Å². The highest BCUT2D eigenvalue weighted by molar-refractivity contribution is 7.89. The van der Waals surface area contributed by atoms with Crippen LogP contribution in [0.3, 0.4) is 0 Å². The maximum atomic E-state index is 12.4. The lowest BCUT2D eigenvalue weighted by Crippen LogP contribution is -2.30. The molecule has 0 saturated heterocycles. The van der Waals surface area contributed by atoms with Gasteiger partial charge in [-0.25, -0.2) is 18.4 Å². The summed E-state index contributed by atoms with van der Waals surface area (Å²) in [6.07, 6.45) is 3.19. The Labute approximate surface area is 166 Å². The number of nitrogens with one attached hydrogen (secondary N) is 1. The zero-order valence-electron chi connectivity index (χ0n) is 15.8. The number of aryl methyl sites for hydroxylation is 1. The van der Waals surface area contributed by atoms with Gasteiger partial charge in [0.1, 0.15) is 16.7 Å². The third-order valence-corrected chi connectivity index (χ3v) is 5.56. The van der Waals surface area contributed by atoms with Crippen molar-refractivity contribution in [2.24, 2.45) is 0 Å². The largest absolute Gasteiger partial charge is 0.506 e. The van der Waals surface area contributed by atoms with Crippen molar-refractivity contribution in [2.45, 2.75) is 11.8 Å². The lowest BCUT2D eigenvalue weighted by Gasteiger charge is -2.16.